The van der Waals surface area contributed by atoms with Crippen molar-refractivity contribution in [1.82, 2.24) is 15.2 Å². The van der Waals surface area contributed by atoms with Crippen LogP contribution in [0.25, 0.3) is 0 Å². The Labute approximate surface area is 89.5 Å². The number of nitrogens with two attached hydrogens (primary N) is 1. The molecule has 0 amide bonds. The average molecular weight is 207 g/mol. The van der Waals surface area contributed by atoms with Crippen molar-refractivity contribution in [2.45, 2.75) is 45.2 Å². The molecule has 0 spiro atoms. The molecule has 0 radical (unpaired) electrons. The predicted octanol–water partition coefficient (Wildman–Crippen LogP) is 0.780. The van der Waals surface area contributed by atoms with Crippen molar-refractivity contribution in [3.63, 3.8) is 0 Å². The summed E-state index contributed by atoms with van der Waals surface area (Å²) in [7, 11) is 0. The molecule has 1 saturated carbocycles. The van der Waals surface area contributed by atoms with Gasteiger partial charge in [0.1, 0.15) is 0 Å². The van der Waals surface area contributed by atoms with E-state index in [1.54, 1.807) is 0 Å². The Hall–Kier alpha value is -1.23. The first-order chi connectivity index (χ1) is 7.15. The van der Waals surface area contributed by atoms with E-state index in [1.165, 1.54) is 0 Å². The lowest BCUT2D eigenvalue weighted by molar-refractivity contribution is 0.682. The van der Waals surface area contributed by atoms with Crippen molar-refractivity contribution in [2.24, 2.45) is 5.73 Å². The van der Waals surface area contributed by atoms with Gasteiger partial charge in [-0.1, -0.05) is 0 Å². The second-order valence-corrected chi connectivity index (χ2v) is 4.22. The lowest BCUT2D eigenvalue weighted by Crippen LogP contribution is -2.22. The number of nitrogens with zero attached hydrogens (tertiary/aromatic N) is 3. The topological polar surface area (TPSA) is 76.7 Å². The summed E-state index contributed by atoms with van der Waals surface area (Å²) in [5.74, 6) is 0.622. The van der Waals surface area contributed by atoms with Gasteiger partial charge in [0.15, 0.2) is 0 Å². The van der Waals surface area contributed by atoms with Gasteiger partial charge in [0.05, 0.1) is 11.4 Å². The minimum Gasteiger partial charge on any atom is -0.350 e. The first-order valence-electron chi connectivity index (χ1n) is 5.35. The molecule has 0 unspecified atom stereocenters. The third kappa shape index (κ3) is 2.41. The second-order valence-electron chi connectivity index (χ2n) is 4.22. The van der Waals surface area contributed by atoms with E-state index in [0.717, 1.165) is 30.7 Å². The molecule has 1 aliphatic carbocycles. The van der Waals surface area contributed by atoms with Crippen LogP contribution >= 0.6 is 0 Å². The predicted molar refractivity (Wildman–Crippen MR) is 58.5 cm³/mol. The van der Waals surface area contributed by atoms with E-state index in [0.29, 0.717) is 18.0 Å². The van der Waals surface area contributed by atoms with Gasteiger partial charge in [-0.15, -0.1) is 5.10 Å². The van der Waals surface area contributed by atoms with Crippen molar-refractivity contribution in [2.75, 3.05) is 5.32 Å². The average Bonchev–Trinajstić information content (AvgIpc) is 2.58. The zero-order valence-corrected chi connectivity index (χ0v) is 9.20. The molecule has 0 aromatic carbocycles. The van der Waals surface area contributed by atoms with Gasteiger partial charge in [-0.3, -0.25) is 0 Å². The zero-order chi connectivity index (χ0) is 10.8. The lowest BCUT2D eigenvalue weighted by atomic mass is 10.2. The minimum absolute atomic E-state index is 0.321. The molecule has 3 N–H and O–H groups in total. The van der Waals surface area contributed by atoms with Crippen LogP contribution in [0.3, 0.4) is 0 Å². The molecule has 1 aromatic rings. The number of aromatic nitrogens is 3. The Balaban J connectivity index is 2.02. The molecule has 82 valence electrons. The van der Waals surface area contributed by atoms with Gasteiger partial charge in [-0.25, -0.2) is 4.98 Å². The third-order valence-corrected chi connectivity index (χ3v) is 2.90. The van der Waals surface area contributed by atoms with Gasteiger partial charge < -0.3 is 11.1 Å². The van der Waals surface area contributed by atoms with Crippen LogP contribution in [-0.4, -0.2) is 27.3 Å². The Morgan fingerprint density at radius 1 is 1.20 bits per heavy atom. The van der Waals surface area contributed by atoms with Crippen LogP contribution in [0.1, 0.15) is 30.7 Å². The van der Waals surface area contributed by atoms with Crippen LogP contribution in [0, 0.1) is 13.8 Å². The molecule has 15 heavy (non-hydrogen) atoms. The van der Waals surface area contributed by atoms with Crippen LogP contribution < -0.4 is 11.1 Å². The largest absolute Gasteiger partial charge is 0.350 e. The lowest BCUT2D eigenvalue weighted by Gasteiger charge is -2.11. The number of nitrogens with one attached hydrogen (secondary N) is 1. The van der Waals surface area contributed by atoms with E-state index in [9.17, 15) is 0 Å². The van der Waals surface area contributed by atoms with Crippen molar-refractivity contribution < 1.29 is 0 Å². The molecule has 2 atom stereocenters. The molecule has 1 aromatic heterocycles. The van der Waals surface area contributed by atoms with E-state index in [1.807, 2.05) is 13.8 Å². The fraction of sp³-hybridized carbons (Fsp3) is 0.700. The number of rotatable bonds is 2. The van der Waals surface area contributed by atoms with Gasteiger partial charge in [0.25, 0.3) is 0 Å². The van der Waals surface area contributed by atoms with Gasteiger partial charge in [-0.05, 0) is 33.1 Å². The Morgan fingerprint density at radius 2 is 2.00 bits per heavy atom. The molecule has 1 fully saturated rings. The van der Waals surface area contributed by atoms with E-state index in [2.05, 4.69) is 20.5 Å². The van der Waals surface area contributed by atoms with E-state index in [4.69, 9.17) is 5.73 Å². The first-order valence-corrected chi connectivity index (χ1v) is 5.35. The maximum absolute atomic E-state index is 5.84. The van der Waals surface area contributed by atoms with E-state index in [-0.39, 0.29) is 0 Å². The SMILES string of the molecule is Cc1nnc(N[C@H]2CC[C@H](N)C2)nc1C. The summed E-state index contributed by atoms with van der Waals surface area (Å²) in [6.45, 7) is 3.85. The number of aryl methyl sites for hydroxylation is 2. The molecular formula is C10H17N5. The molecule has 5 nitrogen and oxygen atoms in total. The summed E-state index contributed by atoms with van der Waals surface area (Å²) < 4.78 is 0. The van der Waals surface area contributed by atoms with E-state index >= 15 is 0 Å². The minimum atomic E-state index is 0.321. The molecule has 0 aliphatic heterocycles. The zero-order valence-electron chi connectivity index (χ0n) is 9.20. The first kappa shape index (κ1) is 10.3. The van der Waals surface area contributed by atoms with Crippen molar-refractivity contribution >= 4 is 5.95 Å². The molecular weight excluding hydrogens is 190 g/mol. The summed E-state index contributed by atoms with van der Waals surface area (Å²) >= 11 is 0. The molecule has 0 bridgehead atoms. The highest BCUT2D eigenvalue weighted by Crippen LogP contribution is 2.19. The smallest absolute Gasteiger partial charge is 0.243 e. The standard InChI is InChI=1S/C10H17N5/c1-6-7(2)14-15-10(12-6)13-9-4-3-8(11)5-9/h8-9H,3-5,11H2,1-2H3,(H,12,13,15)/t8-,9-/m0/s1. The van der Waals surface area contributed by atoms with Crippen molar-refractivity contribution in [3.05, 3.63) is 11.4 Å². The summed E-state index contributed by atoms with van der Waals surface area (Å²) in [5.41, 5.74) is 7.64. The molecule has 5 heteroatoms. The Morgan fingerprint density at radius 3 is 2.60 bits per heavy atom. The third-order valence-electron chi connectivity index (χ3n) is 2.90. The number of anilines is 1. The molecule has 0 saturated heterocycles. The summed E-state index contributed by atoms with van der Waals surface area (Å²) in [4.78, 5) is 4.34. The summed E-state index contributed by atoms with van der Waals surface area (Å²) in [5, 5.41) is 11.3. The molecule has 1 heterocycles. The van der Waals surface area contributed by atoms with E-state index < -0.39 is 0 Å². The van der Waals surface area contributed by atoms with Crippen molar-refractivity contribution in [1.29, 1.82) is 0 Å². The normalized spacial score (nSPS) is 25.5. The fourth-order valence-corrected chi connectivity index (χ4v) is 1.85. The van der Waals surface area contributed by atoms with Crippen LogP contribution in [0.4, 0.5) is 5.95 Å². The summed E-state index contributed by atoms with van der Waals surface area (Å²) in [6, 6.07) is 0.728. The Kier molecular flexibility index (Phi) is 2.81. The van der Waals surface area contributed by atoms with Gasteiger partial charge >= 0.3 is 0 Å². The van der Waals surface area contributed by atoms with Crippen LogP contribution in [0.5, 0.6) is 0 Å². The highest BCUT2D eigenvalue weighted by atomic mass is 15.2. The quantitative estimate of drug-likeness (QED) is 0.749. The number of hydrogen-bond donors (Lipinski definition) is 2. The molecule has 1 aliphatic rings. The highest BCUT2D eigenvalue weighted by molar-refractivity contribution is 5.26. The van der Waals surface area contributed by atoms with Gasteiger partial charge in [0, 0.05) is 12.1 Å². The van der Waals surface area contributed by atoms with Crippen LogP contribution in [0.15, 0.2) is 0 Å². The number of hydrogen-bond acceptors (Lipinski definition) is 5. The Bertz CT molecular complexity index is 352. The second kappa shape index (κ2) is 4.10. The maximum atomic E-state index is 5.84. The van der Waals surface area contributed by atoms with Crippen LogP contribution in [0.2, 0.25) is 0 Å². The fourth-order valence-electron chi connectivity index (χ4n) is 1.85. The highest BCUT2D eigenvalue weighted by Gasteiger charge is 2.22. The van der Waals surface area contributed by atoms with Gasteiger partial charge in [-0.2, -0.15) is 5.10 Å². The van der Waals surface area contributed by atoms with Crippen LogP contribution in [-0.2, 0) is 0 Å². The monoisotopic (exact) mass is 207 g/mol. The van der Waals surface area contributed by atoms with Crippen molar-refractivity contribution in [3.8, 4) is 0 Å². The summed E-state index contributed by atoms with van der Waals surface area (Å²) in [6.07, 6.45) is 3.17. The maximum Gasteiger partial charge on any atom is 0.243 e. The molecule has 2 rings (SSSR count). The van der Waals surface area contributed by atoms with Gasteiger partial charge in [0.2, 0.25) is 5.95 Å².